The lowest BCUT2D eigenvalue weighted by molar-refractivity contribution is 0.0697. The standard InChI is InChI=1S/C23H16N2O3S/c26-22-19(14-17-4-6-18(7-5-17)23(27)28)8-9-21-25(22)15-20(29-21)3-1-2-16-10-12-24-13-11-16/h4-13,15H,2,14H2,(H,27,28). The van der Waals surface area contributed by atoms with Gasteiger partial charge in [-0.3, -0.25) is 14.2 Å². The van der Waals surface area contributed by atoms with Gasteiger partial charge in [0.2, 0.25) is 0 Å². The number of carboxylic acid groups (broad SMARTS) is 1. The van der Waals surface area contributed by atoms with E-state index >= 15 is 0 Å². The minimum atomic E-state index is -0.964. The third-order valence-electron chi connectivity index (χ3n) is 4.47. The average Bonchev–Trinajstić information content (AvgIpc) is 3.15. The summed E-state index contributed by atoms with van der Waals surface area (Å²) in [6, 6.07) is 14.2. The third-order valence-corrected chi connectivity index (χ3v) is 5.44. The number of fused-ring (bicyclic) bond motifs is 1. The highest BCUT2D eigenvalue weighted by atomic mass is 32.1. The van der Waals surface area contributed by atoms with Crippen molar-refractivity contribution in [1.29, 1.82) is 0 Å². The van der Waals surface area contributed by atoms with Gasteiger partial charge in [0.1, 0.15) is 4.83 Å². The van der Waals surface area contributed by atoms with Crippen molar-refractivity contribution in [3.8, 4) is 11.8 Å². The first-order valence-electron chi connectivity index (χ1n) is 8.94. The van der Waals surface area contributed by atoms with E-state index in [1.807, 2.05) is 24.3 Å². The molecule has 6 heteroatoms. The Morgan fingerprint density at radius 2 is 1.79 bits per heavy atom. The Balaban J connectivity index is 1.56. The van der Waals surface area contributed by atoms with E-state index in [1.54, 1.807) is 47.3 Å². The van der Waals surface area contributed by atoms with E-state index in [9.17, 15) is 9.59 Å². The highest BCUT2D eigenvalue weighted by Gasteiger charge is 2.08. The molecule has 4 aromatic rings. The van der Waals surface area contributed by atoms with Crippen molar-refractivity contribution >= 4 is 22.1 Å². The predicted octanol–water partition coefficient (Wildman–Crippen LogP) is 3.64. The Morgan fingerprint density at radius 1 is 1.03 bits per heavy atom. The Morgan fingerprint density at radius 3 is 2.52 bits per heavy atom. The van der Waals surface area contributed by atoms with Gasteiger partial charge in [-0.25, -0.2) is 4.79 Å². The molecule has 4 rings (SSSR count). The molecular weight excluding hydrogens is 384 g/mol. The molecule has 0 fully saturated rings. The molecule has 0 radical (unpaired) electrons. The Kier molecular flexibility index (Phi) is 5.23. The maximum atomic E-state index is 12.8. The first-order valence-corrected chi connectivity index (χ1v) is 9.76. The second-order valence-electron chi connectivity index (χ2n) is 6.48. The number of thiazole rings is 1. The molecular formula is C23H16N2O3S. The molecule has 0 aliphatic carbocycles. The van der Waals surface area contributed by atoms with Gasteiger partial charge in [0.25, 0.3) is 5.56 Å². The van der Waals surface area contributed by atoms with Crippen LogP contribution in [0.3, 0.4) is 0 Å². The van der Waals surface area contributed by atoms with E-state index in [-0.39, 0.29) is 11.1 Å². The van der Waals surface area contributed by atoms with Crippen LogP contribution in [0.1, 0.15) is 31.9 Å². The molecule has 3 heterocycles. The van der Waals surface area contributed by atoms with Crippen LogP contribution in [0.4, 0.5) is 0 Å². The number of aromatic nitrogens is 2. The SMILES string of the molecule is O=C(O)c1ccc(Cc2ccc3sc(C#CCc4ccncc4)cn3c2=O)cc1. The molecule has 0 spiro atoms. The molecule has 0 saturated heterocycles. The zero-order valence-electron chi connectivity index (χ0n) is 15.3. The summed E-state index contributed by atoms with van der Waals surface area (Å²) in [5, 5.41) is 8.99. The largest absolute Gasteiger partial charge is 0.478 e. The highest BCUT2D eigenvalue weighted by molar-refractivity contribution is 7.17. The summed E-state index contributed by atoms with van der Waals surface area (Å²) in [4.78, 5) is 29.5. The molecule has 0 bridgehead atoms. The number of aromatic carboxylic acids is 1. The molecule has 0 saturated carbocycles. The Labute approximate surface area is 170 Å². The minimum Gasteiger partial charge on any atom is -0.478 e. The van der Waals surface area contributed by atoms with Crippen LogP contribution in [-0.4, -0.2) is 20.5 Å². The van der Waals surface area contributed by atoms with E-state index < -0.39 is 5.97 Å². The number of nitrogens with zero attached hydrogens (tertiary/aromatic N) is 2. The van der Waals surface area contributed by atoms with Crippen molar-refractivity contribution < 1.29 is 9.90 Å². The van der Waals surface area contributed by atoms with E-state index in [2.05, 4.69) is 16.8 Å². The lowest BCUT2D eigenvalue weighted by Gasteiger charge is -2.03. The normalized spacial score (nSPS) is 10.5. The van der Waals surface area contributed by atoms with Crippen molar-refractivity contribution in [1.82, 2.24) is 9.38 Å². The number of hydrogen-bond donors (Lipinski definition) is 1. The van der Waals surface area contributed by atoms with Crippen LogP contribution in [0.5, 0.6) is 0 Å². The van der Waals surface area contributed by atoms with Crippen molar-refractivity contribution in [3.05, 3.63) is 105 Å². The maximum absolute atomic E-state index is 12.8. The predicted molar refractivity (Wildman–Crippen MR) is 113 cm³/mol. The molecule has 0 aliphatic heterocycles. The van der Waals surface area contributed by atoms with Gasteiger partial charge in [-0.1, -0.05) is 30.0 Å². The molecule has 5 nitrogen and oxygen atoms in total. The van der Waals surface area contributed by atoms with Crippen LogP contribution in [0.25, 0.3) is 4.83 Å². The molecule has 29 heavy (non-hydrogen) atoms. The molecule has 0 atom stereocenters. The summed E-state index contributed by atoms with van der Waals surface area (Å²) >= 11 is 1.48. The van der Waals surface area contributed by atoms with Gasteiger partial charge in [0.15, 0.2) is 0 Å². The summed E-state index contributed by atoms with van der Waals surface area (Å²) in [7, 11) is 0. The highest BCUT2D eigenvalue weighted by Crippen LogP contribution is 2.17. The van der Waals surface area contributed by atoms with E-state index in [0.717, 1.165) is 20.8 Å². The van der Waals surface area contributed by atoms with Crippen LogP contribution in [0, 0.1) is 11.8 Å². The fourth-order valence-electron chi connectivity index (χ4n) is 2.95. The van der Waals surface area contributed by atoms with Gasteiger partial charge in [-0.15, -0.1) is 11.3 Å². The minimum absolute atomic E-state index is 0.0803. The fourth-order valence-corrected chi connectivity index (χ4v) is 3.83. The summed E-state index contributed by atoms with van der Waals surface area (Å²) in [6.45, 7) is 0. The number of carboxylic acids is 1. The van der Waals surface area contributed by atoms with Gasteiger partial charge in [-0.05, 0) is 41.5 Å². The molecule has 1 aromatic carbocycles. The van der Waals surface area contributed by atoms with E-state index in [1.165, 1.54) is 11.3 Å². The van der Waals surface area contributed by atoms with Gasteiger partial charge in [-0.2, -0.15) is 0 Å². The summed E-state index contributed by atoms with van der Waals surface area (Å²) in [5.74, 6) is 5.30. The second-order valence-corrected chi connectivity index (χ2v) is 7.54. The Bertz CT molecular complexity index is 1290. The molecule has 3 aromatic heterocycles. The zero-order valence-corrected chi connectivity index (χ0v) is 16.1. The van der Waals surface area contributed by atoms with Crippen LogP contribution in [0.15, 0.2) is 71.9 Å². The molecule has 0 unspecified atom stereocenters. The summed E-state index contributed by atoms with van der Waals surface area (Å²) in [6.07, 6.45) is 6.34. The number of rotatable bonds is 4. The lowest BCUT2D eigenvalue weighted by Crippen LogP contribution is -2.16. The number of benzene rings is 1. The van der Waals surface area contributed by atoms with Gasteiger partial charge in [0.05, 0.1) is 10.4 Å². The first-order chi connectivity index (χ1) is 14.1. The third kappa shape index (κ3) is 4.26. The summed E-state index contributed by atoms with van der Waals surface area (Å²) in [5.41, 5.74) is 2.79. The number of carbonyl (C=O) groups is 1. The average molecular weight is 400 g/mol. The van der Waals surface area contributed by atoms with Crippen molar-refractivity contribution in [2.45, 2.75) is 12.8 Å². The quantitative estimate of drug-likeness (QED) is 0.531. The second kappa shape index (κ2) is 8.13. The van der Waals surface area contributed by atoms with Crippen LogP contribution in [-0.2, 0) is 12.8 Å². The van der Waals surface area contributed by atoms with E-state index in [0.29, 0.717) is 18.4 Å². The van der Waals surface area contributed by atoms with E-state index in [4.69, 9.17) is 5.11 Å². The molecule has 0 aliphatic rings. The van der Waals surface area contributed by atoms with Crippen molar-refractivity contribution in [2.24, 2.45) is 0 Å². The number of pyridine rings is 2. The van der Waals surface area contributed by atoms with Gasteiger partial charge >= 0.3 is 5.97 Å². The van der Waals surface area contributed by atoms with Gasteiger partial charge < -0.3 is 5.11 Å². The smallest absolute Gasteiger partial charge is 0.335 e. The molecule has 142 valence electrons. The topological polar surface area (TPSA) is 71.7 Å². The fraction of sp³-hybridized carbons (Fsp3) is 0.0870. The van der Waals surface area contributed by atoms with Crippen LogP contribution < -0.4 is 5.56 Å². The van der Waals surface area contributed by atoms with Crippen LogP contribution in [0.2, 0.25) is 0 Å². The number of hydrogen-bond acceptors (Lipinski definition) is 4. The maximum Gasteiger partial charge on any atom is 0.335 e. The van der Waals surface area contributed by atoms with Crippen LogP contribution >= 0.6 is 11.3 Å². The monoisotopic (exact) mass is 400 g/mol. The summed E-state index contributed by atoms with van der Waals surface area (Å²) < 4.78 is 1.63. The lowest BCUT2D eigenvalue weighted by atomic mass is 10.0. The first kappa shape index (κ1) is 18.7. The zero-order chi connectivity index (χ0) is 20.2. The molecule has 0 amide bonds. The van der Waals surface area contributed by atoms with Gasteiger partial charge in [0, 0.05) is 37.0 Å². The Hall–Kier alpha value is -3.69. The molecule has 1 N–H and O–H groups in total. The van der Waals surface area contributed by atoms with Crippen molar-refractivity contribution in [2.75, 3.05) is 0 Å². The van der Waals surface area contributed by atoms with Crippen molar-refractivity contribution in [3.63, 3.8) is 0 Å².